The van der Waals surface area contributed by atoms with E-state index in [0.29, 0.717) is 10.6 Å². The second-order valence-electron chi connectivity index (χ2n) is 5.92. The molecule has 148 valence electrons. The van der Waals surface area contributed by atoms with Crippen LogP contribution in [0.15, 0.2) is 41.8 Å². The zero-order valence-electron chi connectivity index (χ0n) is 15.3. The number of benzene rings is 2. The normalized spacial score (nSPS) is 10.4. The number of nitrogens with one attached hydrogen (secondary N) is 1. The molecule has 29 heavy (non-hydrogen) atoms. The van der Waals surface area contributed by atoms with E-state index in [2.05, 4.69) is 15.0 Å². The van der Waals surface area contributed by atoms with Crippen molar-refractivity contribution in [2.75, 3.05) is 12.4 Å². The number of nitro groups is 1. The molecule has 1 heterocycles. The quantitative estimate of drug-likeness (QED) is 0.380. The van der Waals surface area contributed by atoms with E-state index in [9.17, 15) is 24.1 Å². The number of carbonyl (C=O) groups excluding carboxylic acids is 2. The third-order valence-corrected chi connectivity index (χ3v) is 4.95. The molecule has 0 atom stereocenters. The van der Waals surface area contributed by atoms with E-state index in [-0.39, 0.29) is 28.2 Å². The summed E-state index contributed by atoms with van der Waals surface area (Å²) in [5.41, 5.74) is 0.689. The van der Waals surface area contributed by atoms with Gasteiger partial charge in [-0.1, -0.05) is 12.1 Å². The lowest BCUT2D eigenvalue weighted by Gasteiger charge is -2.10. The highest BCUT2D eigenvalue weighted by atomic mass is 32.1. The number of thiazole rings is 1. The molecule has 0 saturated heterocycles. The summed E-state index contributed by atoms with van der Waals surface area (Å²) in [7, 11) is 1.17. The second-order valence-corrected chi connectivity index (χ2v) is 6.78. The molecule has 3 rings (SSSR count). The predicted octanol–water partition coefficient (Wildman–Crippen LogP) is 4.20. The van der Waals surface area contributed by atoms with Crippen LogP contribution < -0.4 is 5.32 Å². The van der Waals surface area contributed by atoms with E-state index < -0.39 is 22.6 Å². The zero-order valence-corrected chi connectivity index (χ0v) is 16.1. The number of anilines is 1. The third kappa shape index (κ3) is 4.27. The van der Waals surface area contributed by atoms with Crippen LogP contribution in [0.25, 0.3) is 10.6 Å². The Morgan fingerprint density at radius 1 is 1.28 bits per heavy atom. The van der Waals surface area contributed by atoms with Gasteiger partial charge < -0.3 is 10.1 Å². The minimum Gasteiger partial charge on any atom is -0.465 e. The maximum absolute atomic E-state index is 14.1. The Kier molecular flexibility index (Phi) is 5.64. The number of ether oxygens (including phenoxy) is 1. The third-order valence-electron chi connectivity index (χ3n) is 4.05. The number of halogens is 1. The zero-order chi connectivity index (χ0) is 21.1. The lowest BCUT2D eigenvalue weighted by molar-refractivity contribution is -0.384. The molecule has 10 heteroatoms. The number of methoxy groups -OCH3 is 1. The van der Waals surface area contributed by atoms with E-state index in [0.717, 1.165) is 17.4 Å². The van der Waals surface area contributed by atoms with Crippen LogP contribution >= 0.6 is 11.3 Å². The van der Waals surface area contributed by atoms with E-state index in [4.69, 9.17) is 0 Å². The van der Waals surface area contributed by atoms with Gasteiger partial charge in [-0.15, -0.1) is 11.3 Å². The Morgan fingerprint density at radius 3 is 2.72 bits per heavy atom. The molecule has 0 unspecified atom stereocenters. The first kappa shape index (κ1) is 20.1. The Balaban J connectivity index is 1.86. The van der Waals surface area contributed by atoms with Crippen LogP contribution in [0.3, 0.4) is 0 Å². The van der Waals surface area contributed by atoms with Crippen LogP contribution in [0, 0.1) is 22.9 Å². The fourth-order valence-electron chi connectivity index (χ4n) is 2.49. The number of aromatic nitrogens is 1. The van der Waals surface area contributed by atoms with Crippen LogP contribution in [0.1, 0.15) is 26.4 Å². The van der Waals surface area contributed by atoms with Crippen LogP contribution in [-0.2, 0) is 4.74 Å². The molecule has 0 aliphatic rings. The highest BCUT2D eigenvalue weighted by molar-refractivity contribution is 7.13. The second kappa shape index (κ2) is 8.15. The van der Waals surface area contributed by atoms with Crippen molar-refractivity contribution >= 4 is 34.6 Å². The summed E-state index contributed by atoms with van der Waals surface area (Å²) in [5.74, 6) is -2.01. The highest BCUT2D eigenvalue weighted by Gasteiger charge is 2.18. The molecule has 0 saturated carbocycles. The number of carbonyl (C=O) groups is 2. The minimum absolute atomic E-state index is 0.0403. The Hall–Kier alpha value is -3.66. The molecule has 0 bridgehead atoms. The van der Waals surface area contributed by atoms with Gasteiger partial charge in [0.25, 0.3) is 11.6 Å². The summed E-state index contributed by atoms with van der Waals surface area (Å²) in [5, 5.41) is 15.4. The SMILES string of the molecule is COC(=O)c1cc(F)c(C)c(NC(=O)c2csc(-c3cccc([N+](=O)[O-])c3)n2)c1. The first-order chi connectivity index (χ1) is 13.8. The lowest BCUT2D eigenvalue weighted by atomic mass is 10.1. The van der Waals surface area contributed by atoms with Crippen molar-refractivity contribution in [3.8, 4) is 10.6 Å². The molecule has 1 N–H and O–H groups in total. The monoisotopic (exact) mass is 415 g/mol. The minimum atomic E-state index is -0.735. The van der Waals surface area contributed by atoms with Crippen LogP contribution in [-0.4, -0.2) is 28.9 Å². The van der Waals surface area contributed by atoms with Crippen LogP contribution in [0.2, 0.25) is 0 Å². The first-order valence-corrected chi connectivity index (χ1v) is 9.08. The molecule has 1 aromatic heterocycles. The standard InChI is InChI=1S/C19H14FN3O5S/c1-10-14(20)7-12(19(25)28-2)8-15(10)21-17(24)16-9-29-18(22-16)11-4-3-5-13(6-11)23(26)27/h3-9H,1-2H3,(H,21,24). The van der Waals surface area contributed by atoms with Gasteiger partial charge in [0.15, 0.2) is 0 Å². The summed E-state index contributed by atoms with van der Waals surface area (Å²) >= 11 is 1.14. The van der Waals surface area contributed by atoms with Crippen molar-refractivity contribution < 1.29 is 23.6 Å². The molecule has 1 amide bonds. The van der Waals surface area contributed by atoms with E-state index >= 15 is 0 Å². The number of non-ortho nitro benzene ring substituents is 1. The van der Waals surface area contributed by atoms with E-state index in [1.54, 1.807) is 6.07 Å². The molecule has 3 aromatic rings. The molecule has 8 nitrogen and oxygen atoms in total. The molecule has 0 spiro atoms. The average Bonchev–Trinajstić information content (AvgIpc) is 3.21. The smallest absolute Gasteiger partial charge is 0.338 e. The maximum atomic E-state index is 14.1. The topological polar surface area (TPSA) is 111 Å². The van der Waals surface area contributed by atoms with Crippen molar-refractivity contribution in [3.63, 3.8) is 0 Å². The fourth-order valence-corrected chi connectivity index (χ4v) is 3.29. The van der Waals surface area contributed by atoms with Gasteiger partial charge in [0.2, 0.25) is 0 Å². The van der Waals surface area contributed by atoms with Gasteiger partial charge in [0, 0.05) is 34.3 Å². The van der Waals surface area contributed by atoms with Crippen molar-refractivity contribution in [2.24, 2.45) is 0 Å². The van der Waals surface area contributed by atoms with Gasteiger partial charge in [-0.2, -0.15) is 0 Å². The molecular formula is C19H14FN3O5S. The van der Waals surface area contributed by atoms with Crippen molar-refractivity contribution in [1.29, 1.82) is 0 Å². The van der Waals surface area contributed by atoms with Crippen LogP contribution in [0.4, 0.5) is 15.8 Å². The highest BCUT2D eigenvalue weighted by Crippen LogP contribution is 2.28. The average molecular weight is 415 g/mol. The molecular weight excluding hydrogens is 401 g/mol. The largest absolute Gasteiger partial charge is 0.465 e. The van der Waals surface area contributed by atoms with Gasteiger partial charge in [-0.05, 0) is 19.1 Å². The number of esters is 1. The summed E-state index contributed by atoms with van der Waals surface area (Å²) in [6.07, 6.45) is 0. The molecule has 0 aliphatic heterocycles. The summed E-state index contributed by atoms with van der Waals surface area (Å²) in [6.45, 7) is 1.46. The Morgan fingerprint density at radius 2 is 2.03 bits per heavy atom. The van der Waals surface area contributed by atoms with Gasteiger partial charge in [-0.25, -0.2) is 14.2 Å². The number of rotatable bonds is 5. The summed E-state index contributed by atoms with van der Waals surface area (Å²) < 4.78 is 18.7. The fraction of sp³-hybridized carbons (Fsp3) is 0.105. The van der Waals surface area contributed by atoms with Gasteiger partial charge >= 0.3 is 5.97 Å². The van der Waals surface area contributed by atoms with E-state index in [1.165, 1.54) is 43.7 Å². The molecule has 0 fully saturated rings. The lowest BCUT2D eigenvalue weighted by Crippen LogP contribution is -2.15. The predicted molar refractivity (Wildman–Crippen MR) is 105 cm³/mol. The summed E-state index contributed by atoms with van der Waals surface area (Å²) in [4.78, 5) is 38.8. The Bertz CT molecular complexity index is 1130. The van der Waals surface area contributed by atoms with Crippen molar-refractivity contribution in [1.82, 2.24) is 4.98 Å². The van der Waals surface area contributed by atoms with Gasteiger partial charge in [-0.3, -0.25) is 14.9 Å². The summed E-state index contributed by atoms with van der Waals surface area (Å²) in [6, 6.07) is 8.23. The number of hydrogen-bond donors (Lipinski definition) is 1. The van der Waals surface area contributed by atoms with E-state index in [1.807, 2.05) is 0 Å². The van der Waals surface area contributed by atoms with Gasteiger partial charge in [0.1, 0.15) is 16.5 Å². The van der Waals surface area contributed by atoms with Gasteiger partial charge in [0.05, 0.1) is 17.6 Å². The maximum Gasteiger partial charge on any atom is 0.338 e. The molecule has 2 aromatic carbocycles. The first-order valence-electron chi connectivity index (χ1n) is 8.20. The number of amides is 1. The number of nitrogens with zero attached hydrogens (tertiary/aromatic N) is 2. The molecule has 0 radical (unpaired) electrons. The van der Waals surface area contributed by atoms with Crippen LogP contribution in [0.5, 0.6) is 0 Å². The number of hydrogen-bond acceptors (Lipinski definition) is 7. The number of nitro benzene ring substituents is 1. The van der Waals surface area contributed by atoms with Crippen molar-refractivity contribution in [2.45, 2.75) is 6.92 Å². The Labute approximate surface area is 168 Å². The van der Waals surface area contributed by atoms with Crippen molar-refractivity contribution in [3.05, 3.63) is 74.5 Å². The molecule has 0 aliphatic carbocycles.